The number of nitrogens with zero attached hydrogens (tertiary/aromatic N) is 3. The first-order chi connectivity index (χ1) is 13.9. The lowest BCUT2D eigenvalue weighted by Crippen LogP contribution is -2.22. The molecule has 1 heterocycles. The van der Waals surface area contributed by atoms with Crippen molar-refractivity contribution in [2.24, 2.45) is 21.7 Å². The fourth-order valence-electron chi connectivity index (χ4n) is 2.57. The van der Waals surface area contributed by atoms with E-state index in [0.29, 0.717) is 12.3 Å². The minimum atomic E-state index is -0.0745. The molecular formula is C21H24N6OS. The maximum Gasteiger partial charge on any atom is 0.211 e. The zero-order valence-corrected chi connectivity index (χ0v) is 17.5. The molecule has 7 nitrogen and oxygen atoms in total. The molecule has 150 valence electrons. The molecule has 0 amide bonds. The first kappa shape index (κ1) is 20.3. The number of ether oxygens (including phenoxy) is 1. The van der Waals surface area contributed by atoms with E-state index in [1.165, 1.54) is 16.9 Å². The van der Waals surface area contributed by atoms with Crippen molar-refractivity contribution in [2.45, 2.75) is 27.4 Å². The lowest BCUT2D eigenvalue weighted by molar-refractivity contribution is 0.306. The van der Waals surface area contributed by atoms with Crippen LogP contribution in [0.1, 0.15) is 28.6 Å². The number of thiazole rings is 1. The summed E-state index contributed by atoms with van der Waals surface area (Å²) >= 11 is 1.49. The lowest BCUT2D eigenvalue weighted by Gasteiger charge is -2.08. The van der Waals surface area contributed by atoms with Gasteiger partial charge in [0.2, 0.25) is 5.96 Å². The molecule has 0 radical (unpaired) electrons. The number of anilines is 2. The van der Waals surface area contributed by atoms with Crippen LogP contribution in [0.25, 0.3) is 0 Å². The Morgan fingerprint density at radius 2 is 1.72 bits per heavy atom. The Hall–Kier alpha value is -3.39. The molecule has 8 heteroatoms. The Balaban J connectivity index is 1.62. The van der Waals surface area contributed by atoms with Gasteiger partial charge in [-0.15, -0.1) is 5.10 Å². The van der Waals surface area contributed by atoms with Gasteiger partial charge in [-0.25, -0.2) is 4.98 Å². The van der Waals surface area contributed by atoms with E-state index in [-0.39, 0.29) is 5.96 Å². The molecule has 0 saturated heterocycles. The quantitative estimate of drug-likeness (QED) is 0.310. The van der Waals surface area contributed by atoms with E-state index in [1.54, 1.807) is 0 Å². The van der Waals surface area contributed by atoms with Crippen LogP contribution in [-0.2, 0) is 6.61 Å². The zero-order valence-electron chi connectivity index (χ0n) is 16.6. The zero-order chi connectivity index (χ0) is 20.8. The van der Waals surface area contributed by atoms with Gasteiger partial charge in [-0.1, -0.05) is 41.2 Å². The van der Waals surface area contributed by atoms with Gasteiger partial charge >= 0.3 is 0 Å². The molecule has 0 aliphatic carbocycles. The number of aromatic nitrogens is 1. The summed E-state index contributed by atoms with van der Waals surface area (Å²) < 4.78 is 5.85. The van der Waals surface area contributed by atoms with Gasteiger partial charge in [0.1, 0.15) is 12.4 Å². The third kappa shape index (κ3) is 5.79. The Morgan fingerprint density at radius 1 is 1.03 bits per heavy atom. The number of guanidine groups is 1. The highest BCUT2D eigenvalue weighted by Gasteiger charge is 2.11. The highest BCUT2D eigenvalue weighted by molar-refractivity contribution is 7.17. The summed E-state index contributed by atoms with van der Waals surface area (Å²) in [6.07, 6.45) is 0. The standard InChI is InChI=1S/C21H24N6OS/c1-13-4-6-16(7-5-13)12-28-18-10-8-17(9-11-18)25-21-24-14(2)19(29-21)15(3)26-27-20(22)23/h4-11H,12H2,1-3H3,(H,24,25)(H4,22,23,27). The summed E-state index contributed by atoms with van der Waals surface area (Å²) in [5.41, 5.74) is 15.5. The maximum atomic E-state index is 5.85. The molecule has 0 spiro atoms. The predicted molar refractivity (Wildman–Crippen MR) is 120 cm³/mol. The van der Waals surface area contributed by atoms with E-state index < -0.39 is 0 Å². The average molecular weight is 409 g/mol. The predicted octanol–water partition coefficient (Wildman–Crippen LogP) is 4.08. The molecule has 0 bridgehead atoms. The average Bonchev–Trinajstić information content (AvgIpc) is 3.07. The Kier molecular flexibility index (Phi) is 6.46. The van der Waals surface area contributed by atoms with Crippen molar-refractivity contribution in [1.82, 2.24) is 4.98 Å². The van der Waals surface area contributed by atoms with Crippen molar-refractivity contribution in [1.29, 1.82) is 0 Å². The topological polar surface area (TPSA) is 111 Å². The third-order valence-electron chi connectivity index (χ3n) is 4.07. The molecule has 0 unspecified atom stereocenters. The number of aryl methyl sites for hydroxylation is 2. The van der Waals surface area contributed by atoms with Crippen LogP contribution < -0.4 is 21.5 Å². The summed E-state index contributed by atoms with van der Waals surface area (Å²) in [7, 11) is 0. The van der Waals surface area contributed by atoms with Crippen molar-refractivity contribution in [3.8, 4) is 5.75 Å². The molecule has 2 aromatic carbocycles. The van der Waals surface area contributed by atoms with E-state index in [2.05, 4.69) is 51.7 Å². The highest BCUT2D eigenvalue weighted by Crippen LogP contribution is 2.27. The summed E-state index contributed by atoms with van der Waals surface area (Å²) in [6.45, 7) is 6.38. The molecular weight excluding hydrogens is 384 g/mol. The van der Waals surface area contributed by atoms with Crippen molar-refractivity contribution in [2.75, 3.05) is 5.32 Å². The molecule has 29 heavy (non-hydrogen) atoms. The van der Waals surface area contributed by atoms with Crippen LogP contribution in [0.4, 0.5) is 10.8 Å². The highest BCUT2D eigenvalue weighted by atomic mass is 32.1. The van der Waals surface area contributed by atoms with Crippen LogP contribution in [0.15, 0.2) is 58.7 Å². The van der Waals surface area contributed by atoms with Crippen LogP contribution in [0, 0.1) is 13.8 Å². The fraction of sp³-hybridized carbons (Fsp3) is 0.190. The van der Waals surface area contributed by atoms with Gasteiger partial charge < -0.3 is 21.5 Å². The Bertz CT molecular complexity index is 1020. The largest absolute Gasteiger partial charge is 0.489 e. The molecule has 0 aliphatic rings. The number of nitrogens with one attached hydrogen (secondary N) is 1. The number of benzene rings is 2. The summed E-state index contributed by atoms with van der Waals surface area (Å²) in [5, 5.41) is 11.8. The number of hydrogen-bond acceptors (Lipinski definition) is 6. The van der Waals surface area contributed by atoms with Crippen LogP contribution in [0.5, 0.6) is 5.75 Å². The van der Waals surface area contributed by atoms with Gasteiger partial charge in [-0.2, -0.15) is 5.10 Å². The van der Waals surface area contributed by atoms with Crippen LogP contribution in [-0.4, -0.2) is 16.7 Å². The van der Waals surface area contributed by atoms with Gasteiger partial charge in [-0.3, -0.25) is 0 Å². The van der Waals surface area contributed by atoms with Gasteiger partial charge in [0.05, 0.1) is 16.3 Å². The second-order valence-corrected chi connectivity index (χ2v) is 7.57. The van der Waals surface area contributed by atoms with Gasteiger partial charge in [0, 0.05) is 5.69 Å². The van der Waals surface area contributed by atoms with E-state index in [0.717, 1.165) is 32.7 Å². The second-order valence-electron chi connectivity index (χ2n) is 6.57. The van der Waals surface area contributed by atoms with Crippen molar-refractivity contribution >= 4 is 33.8 Å². The summed E-state index contributed by atoms with van der Waals surface area (Å²) in [4.78, 5) is 5.47. The minimum Gasteiger partial charge on any atom is -0.489 e. The van der Waals surface area contributed by atoms with Gasteiger partial charge in [-0.05, 0) is 50.6 Å². The molecule has 5 N–H and O–H groups in total. The normalized spacial score (nSPS) is 11.2. The maximum absolute atomic E-state index is 5.85. The number of hydrogen-bond donors (Lipinski definition) is 3. The Morgan fingerprint density at radius 3 is 2.38 bits per heavy atom. The van der Waals surface area contributed by atoms with Crippen molar-refractivity contribution < 1.29 is 4.74 Å². The van der Waals surface area contributed by atoms with E-state index in [1.807, 2.05) is 38.1 Å². The fourth-order valence-corrected chi connectivity index (χ4v) is 3.50. The smallest absolute Gasteiger partial charge is 0.211 e. The van der Waals surface area contributed by atoms with Gasteiger partial charge in [0.15, 0.2) is 5.13 Å². The second kappa shape index (κ2) is 9.20. The van der Waals surface area contributed by atoms with Crippen molar-refractivity contribution in [3.05, 3.63) is 70.2 Å². The summed E-state index contributed by atoms with van der Waals surface area (Å²) in [5.74, 6) is 0.738. The molecule has 1 aromatic heterocycles. The molecule has 0 fully saturated rings. The lowest BCUT2D eigenvalue weighted by atomic mass is 10.2. The van der Waals surface area contributed by atoms with Crippen LogP contribution in [0.2, 0.25) is 0 Å². The van der Waals surface area contributed by atoms with Crippen LogP contribution >= 0.6 is 11.3 Å². The van der Waals surface area contributed by atoms with Gasteiger partial charge in [0.25, 0.3) is 0 Å². The monoisotopic (exact) mass is 408 g/mol. The first-order valence-corrected chi connectivity index (χ1v) is 9.89. The molecule has 3 rings (SSSR count). The van der Waals surface area contributed by atoms with E-state index in [9.17, 15) is 0 Å². The minimum absolute atomic E-state index is 0.0745. The van der Waals surface area contributed by atoms with E-state index >= 15 is 0 Å². The summed E-state index contributed by atoms with van der Waals surface area (Å²) in [6, 6.07) is 16.1. The molecule has 3 aromatic rings. The third-order valence-corrected chi connectivity index (χ3v) is 5.25. The SMILES string of the molecule is CC(=NN=C(N)N)c1sc(Nc2ccc(OCc3ccc(C)cc3)cc2)nc1C. The Labute approximate surface area is 174 Å². The van der Waals surface area contributed by atoms with E-state index in [4.69, 9.17) is 16.2 Å². The van der Waals surface area contributed by atoms with Crippen LogP contribution in [0.3, 0.4) is 0 Å². The molecule has 0 aliphatic heterocycles. The molecule has 0 saturated carbocycles. The molecule has 0 atom stereocenters. The number of nitrogens with two attached hydrogens (primary N) is 2. The van der Waals surface area contributed by atoms with Crippen molar-refractivity contribution in [3.63, 3.8) is 0 Å². The number of rotatable bonds is 7. The first-order valence-electron chi connectivity index (χ1n) is 9.07.